The normalized spacial score (nSPS) is 15.3. The van der Waals surface area contributed by atoms with Gasteiger partial charge in [-0.2, -0.15) is 4.37 Å². The largest absolute Gasteiger partial charge is 0.366 e. The van der Waals surface area contributed by atoms with Gasteiger partial charge in [-0.05, 0) is 30.6 Å². The number of hydrogen-bond donors (Lipinski definition) is 0. The summed E-state index contributed by atoms with van der Waals surface area (Å²) in [5.41, 5.74) is 0.594. The van der Waals surface area contributed by atoms with Gasteiger partial charge in [0.1, 0.15) is 11.6 Å². The Hall–Kier alpha value is -2.02. The van der Waals surface area contributed by atoms with Crippen LogP contribution in [-0.2, 0) is 0 Å². The molecule has 110 valence electrons. The van der Waals surface area contributed by atoms with E-state index in [4.69, 9.17) is 0 Å². The summed E-state index contributed by atoms with van der Waals surface area (Å²) in [5, 5.41) is 0.423. The maximum atomic E-state index is 13.8. The number of anilines is 1. The molecule has 3 rings (SSSR count). The van der Waals surface area contributed by atoms with Crippen molar-refractivity contribution in [2.24, 2.45) is 0 Å². The van der Waals surface area contributed by atoms with Crippen LogP contribution in [0.15, 0.2) is 24.3 Å². The topological polar surface area (TPSA) is 49.3 Å². The molecule has 2 heterocycles. The number of carbonyl (C=O) groups excluding carboxylic acids is 1. The second kappa shape index (κ2) is 5.77. The van der Waals surface area contributed by atoms with E-state index in [0.717, 1.165) is 11.5 Å². The highest BCUT2D eigenvalue weighted by atomic mass is 32.1. The Morgan fingerprint density at radius 3 is 2.57 bits per heavy atom. The van der Waals surface area contributed by atoms with Crippen LogP contribution < -0.4 is 4.90 Å². The van der Waals surface area contributed by atoms with E-state index in [-0.39, 0.29) is 11.7 Å². The molecule has 1 aromatic carbocycles. The van der Waals surface area contributed by atoms with Gasteiger partial charge < -0.3 is 9.80 Å². The van der Waals surface area contributed by atoms with Gasteiger partial charge in [0.15, 0.2) is 0 Å². The van der Waals surface area contributed by atoms with Crippen molar-refractivity contribution in [3.05, 3.63) is 40.9 Å². The summed E-state index contributed by atoms with van der Waals surface area (Å²) in [6.07, 6.45) is 0. The van der Waals surface area contributed by atoms with Gasteiger partial charge in [-0.25, -0.2) is 9.37 Å². The smallest absolute Gasteiger partial charge is 0.284 e. The van der Waals surface area contributed by atoms with E-state index in [1.807, 2.05) is 11.0 Å². The van der Waals surface area contributed by atoms with Crippen molar-refractivity contribution in [3.63, 3.8) is 0 Å². The zero-order valence-electron chi connectivity index (χ0n) is 11.6. The molecule has 1 aliphatic rings. The Morgan fingerprint density at radius 1 is 1.24 bits per heavy atom. The van der Waals surface area contributed by atoms with Gasteiger partial charge >= 0.3 is 0 Å². The third-order valence-electron chi connectivity index (χ3n) is 3.47. The molecule has 7 heteroatoms. The number of aromatic nitrogens is 2. The number of aryl methyl sites for hydroxylation is 1. The summed E-state index contributed by atoms with van der Waals surface area (Å²) in [4.78, 5) is 20.1. The van der Waals surface area contributed by atoms with Gasteiger partial charge in [-0.3, -0.25) is 4.79 Å². The number of para-hydroxylation sites is 1. The van der Waals surface area contributed by atoms with Crippen LogP contribution in [0.1, 0.15) is 15.6 Å². The van der Waals surface area contributed by atoms with E-state index in [1.165, 1.54) is 6.07 Å². The Balaban J connectivity index is 1.65. The minimum absolute atomic E-state index is 0.0891. The molecule has 0 radical (unpaired) electrons. The number of hydrogen-bond acceptors (Lipinski definition) is 5. The molecular formula is C14H15FN4OS. The van der Waals surface area contributed by atoms with Crippen molar-refractivity contribution in [1.29, 1.82) is 0 Å². The van der Waals surface area contributed by atoms with Crippen LogP contribution >= 0.6 is 11.5 Å². The van der Waals surface area contributed by atoms with Crippen LogP contribution in [0.25, 0.3) is 0 Å². The van der Waals surface area contributed by atoms with Crippen molar-refractivity contribution in [2.45, 2.75) is 6.92 Å². The molecule has 1 aliphatic heterocycles. The van der Waals surface area contributed by atoms with E-state index in [9.17, 15) is 9.18 Å². The SMILES string of the molecule is Cc1nsc(C(=O)N2CCN(c3ccccc3F)CC2)n1. The van der Waals surface area contributed by atoms with Gasteiger partial charge in [-0.15, -0.1) is 0 Å². The molecular weight excluding hydrogens is 291 g/mol. The summed E-state index contributed by atoms with van der Waals surface area (Å²) >= 11 is 1.13. The summed E-state index contributed by atoms with van der Waals surface area (Å²) in [6.45, 7) is 4.12. The van der Waals surface area contributed by atoms with Crippen LogP contribution in [-0.4, -0.2) is 46.3 Å². The standard InChI is InChI=1S/C14H15FN4OS/c1-10-16-13(21-17-10)14(20)19-8-6-18(7-9-19)12-5-3-2-4-11(12)15/h2-5H,6-9H2,1H3. The lowest BCUT2D eigenvalue weighted by Gasteiger charge is -2.35. The number of halogens is 1. The maximum absolute atomic E-state index is 13.8. The molecule has 5 nitrogen and oxygen atoms in total. The average Bonchev–Trinajstić information content (AvgIpc) is 2.94. The van der Waals surface area contributed by atoms with Crippen molar-refractivity contribution >= 4 is 23.1 Å². The number of rotatable bonds is 2. The highest BCUT2D eigenvalue weighted by Crippen LogP contribution is 2.20. The molecule has 1 saturated heterocycles. The summed E-state index contributed by atoms with van der Waals surface area (Å²) < 4.78 is 17.8. The Kier molecular flexibility index (Phi) is 3.83. The minimum atomic E-state index is -0.225. The predicted octanol–water partition coefficient (Wildman–Crippen LogP) is 1.95. The lowest BCUT2D eigenvalue weighted by Crippen LogP contribution is -2.49. The van der Waals surface area contributed by atoms with Crippen LogP contribution in [0.4, 0.5) is 10.1 Å². The predicted molar refractivity (Wildman–Crippen MR) is 79.2 cm³/mol. The first kappa shape index (κ1) is 13.9. The lowest BCUT2D eigenvalue weighted by molar-refractivity contribution is 0.0746. The van der Waals surface area contributed by atoms with Gasteiger partial charge in [0.25, 0.3) is 5.91 Å². The molecule has 0 saturated carbocycles. The van der Waals surface area contributed by atoms with Crippen molar-refractivity contribution < 1.29 is 9.18 Å². The van der Waals surface area contributed by atoms with Crippen LogP contribution in [0, 0.1) is 12.7 Å². The van der Waals surface area contributed by atoms with Crippen molar-refractivity contribution in [3.8, 4) is 0 Å². The average molecular weight is 306 g/mol. The third kappa shape index (κ3) is 2.87. The second-order valence-corrected chi connectivity index (χ2v) is 5.63. The number of amides is 1. The van der Waals surface area contributed by atoms with E-state index >= 15 is 0 Å². The fourth-order valence-electron chi connectivity index (χ4n) is 2.38. The van der Waals surface area contributed by atoms with Crippen LogP contribution in [0.3, 0.4) is 0 Å². The molecule has 2 aromatic rings. The Bertz CT molecular complexity index is 652. The first-order chi connectivity index (χ1) is 10.1. The molecule has 1 fully saturated rings. The number of nitrogens with zero attached hydrogens (tertiary/aromatic N) is 4. The summed E-state index contributed by atoms with van der Waals surface area (Å²) in [5.74, 6) is 0.305. The quantitative estimate of drug-likeness (QED) is 0.851. The fourth-order valence-corrected chi connectivity index (χ4v) is 3.02. The first-order valence-electron chi connectivity index (χ1n) is 6.74. The van der Waals surface area contributed by atoms with E-state index in [0.29, 0.717) is 42.7 Å². The molecule has 0 aliphatic carbocycles. The maximum Gasteiger partial charge on any atom is 0.284 e. The van der Waals surface area contributed by atoms with E-state index < -0.39 is 0 Å². The molecule has 21 heavy (non-hydrogen) atoms. The second-order valence-electron chi connectivity index (χ2n) is 4.88. The molecule has 0 bridgehead atoms. The highest BCUT2D eigenvalue weighted by molar-refractivity contribution is 7.07. The van der Waals surface area contributed by atoms with E-state index in [2.05, 4.69) is 9.36 Å². The Labute approximate surface area is 126 Å². The monoisotopic (exact) mass is 306 g/mol. The number of piperazine rings is 1. The molecule has 0 atom stereocenters. The zero-order chi connectivity index (χ0) is 14.8. The number of benzene rings is 1. The summed E-state index contributed by atoms with van der Waals surface area (Å²) in [7, 11) is 0. The highest BCUT2D eigenvalue weighted by Gasteiger charge is 2.25. The van der Waals surface area contributed by atoms with Gasteiger partial charge in [0.2, 0.25) is 5.01 Å². The third-order valence-corrected chi connectivity index (χ3v) is 4.26. The molecule has 0 N–H and O–H groups in total. The van der Waals surface area contributed by atoms with Crippen molar-refractivity contribution in [1.82, 2.24) is 14.3 Å². The lowest BCUT2D eigenvalue weighted by atomic mass is 10.2. The number of carbonyl (C=O) groups is 1. The fraction of sp³-hybridized carbons (Fsp3) is 0.357. The van der Waals surface area contributed by atoms with Gasteiger partial charge in [0.05, 0.1) is 5.69 Å². The van der Waals surface area contributed by atoms with Crippen molar-refractivity contribution in [2.75, 3.05) is 31.1 Å². The van der Waals surface area contributed by atoms with Crippen LogP contribution in [0.2, 0.25) is 0 Å². The Morgan fingerprint density at radius 2 is 1.95 bits per heavy atom. The molecule has 1 aromatic heterocycles. The van der Waals surface area contributed by atoms with E-state index in [1.54, 1.807) is 24.0 Å². The van der Waals surface area contributed by atoms with Gasteiger partial charge in [0, 0.05) is 26.2 Å². The van der Waals surface area contributed by atoms with Crippen LogP contribution in [0.5, 0.6) is 0 Å². The molecule has 0 unspecified atom stereocenters. The zero-order valence-corrected chi connectivity index (χ0v) is 12.4. The van der Waals surface area contributed by atoms with Gasteiger partial charge in [-0.1, -0.05) is 12.1 Å². The minimum Gasteiger partial charge on any atom is -0.366 e. The molecule has 0 spiro atoms. The molecule has 1 amide bonds. The summed E-state index contributed by atoms with van der Waals surface area (Å²) in [6, 6.07) is 6.72. The first-order valence-corrected chi connectivity index (χ1v) is 7.51.